The largest absolute Gasteiger partial charge is 0.457 e. The number of nitrogens with one attached hydrogen (secondary N) is 1. The molecule has 0 bridgehead atoms. The average molecular weight is 277 g/mol. The Kier molecular flexibility index (Phi) is 3.71. The molecule has 6 nitrogen and oxygen atoms in total. The van der Waals surface area contributed by atoms with E-state index in [4.69, 9.17) is 4.74 Å². The lowest BCUT2D eigenvalue weighted by atomic mass is 9.96. The standard InChI is InChI=1S/C14H19N3O3/c18-9-17-7-5-10(6-8-17)20-14(19)13-11-3-1-2-4-12(11)15-16-13/h9-10H,1-8H2,(H,15,16). The van der Waals surface area contributed by atoms with E-state index in [1.807, 2.05) is 0 Å². The Morgan fingerprint density at radius 1 is 1.30 bits per heavy atom. The molecule has 1 fully saturated rings. The van der Waals surface area contributed by atoms with Gasteiger partial charge < -0.3 is 9.64 Å². The number of amides is 1. The second-order valence-electron chi connectivity index (χ2n) is 5.48. The number of likely N-dealkylation sites (tertiary alicyclic amines) is 1. The first-order valence-corrected chi connectivity index (χ1v) is 7.24. The van der Waals surface area contributed by atoms with Crippen molar-refractivity contribution in [3.05, 3.63) is 17.0 Å². The fourth-order valence-electron chi connectivity index (χ4n) is 2.96. The Hall–Kier alpha value is -1.85. The van der Waals surface area contributed by atoms with Gasteiger partial charge in [0, 0.05) is 37.2 Å². The van der Waals surface area contributed by atoms with Gasteiger partial charge in [-0.2, -0.15) is 5.10 Å². The van der Waals surface area contributed by atoms with E-state index in [9.17, 15) is 9.59 Å². The SMILES string of the molecule is O=CN1CCC(OC(=O)c2n[nH]c3c2CCCC3)CC1. The van der Waals surface area contributed by atoms with Crippen molar-refractivity contribution in [3.63, 3.8) is 0 Å². The summed E-state index contributed by atoms with van der Waals surface area (Å²) in [7, 11) is 0. The topological polar surface area (TPSA) is 75.3 Å². The van der Waals surface area contributed by atoms with Gasteiger partial charge in [-0.15, -0.1) is 0 Å². The molecule has 0 saturated carbocycles. The maximum absolute atomic E-state index is 12.2. The summed E-state index contributed by atoms with van der Waals surface area (Å²) < 4.78 is 5.53. The van der Waals surface area contributed by atoms with Crippen molar-refractivity contribution in [2.45, 2.75) is 44.6 Å². The number of carbonyl (C=O) groups excluding carboxylic acids is 2. The highest BCUT2D eigenvalue weighted by Gasteiger charge is 2.26. The number of aromatic nitrogens is 2. The molecular formula is C14H19N3O3. The first-order chi connectivity index (χ1) is 9.78. The number of fused-ring (bicyclic) bond motifs is 1. The molecule has 1 saturated heterocycles. The summed E-state index contributed by atoms with van der Waals surface area (Å²) in [5, 5.41) is 7.08. The normalized spacial score (nSPS) is 19.5. The first-order valence-electron chi connectivity index (χ1n) is 7.24. The summed E-state index contributed by atoms with van der Waals surface area (Å²) >= 11 is 0. The number of aromatic amines is 1. The second-order valence-corrected chi connectivity index (χ2v) is 5.48. The monoisotopic (exact) mass is 277 g/mol. The third-order valence-corrected chi connectivity index (χ3v) is 4.15. The molecule has 3 rings (SSSR count). The molecule has 108 valence electrons. The maximum atomic E-state index is 12.2. The van der Waals surface area contributed by atoms with Crippen LogP contribution in [0.2, 0.25) is 0 Å². The van der Waals surface area contributed by atoms with Crippen LogP contribution >= 0.6 is 0 Å². The van der Waals surface area contributed by atoms with E-state index in [1.54, 1.807) is 4.90 Å². The Bertz CT molecular complexity index is 504. The number of hydrogen-bond donors (Lipinski definition) is 1. The second kappa shape index (κ2) is 5.64. The minimum absolute atomic E-state index is 0.102. The Balaban J connectivity index is 1.62. The maximum Gasteiger partial charge on any atom is 0.359 e. The van der Waals surface area contributed by atoms with Gasteiger partial charge in [-0.25, -0.2) is 4.79 Å². The summed E-state index contributed by atoms with van der Waals surface area (Å²) in [6, 6.07) is 0. The molecule has 1 aliphatic carbocycles. The fraction of sp³-hybridized carbons (Fsp3) is 0.643. The van der Waals surface area contributed by atoms with E-state index in [0.717, 1.165) is 43.4 Å². The summed E-state index contributed by atoms with van der Waals surface area (Å²) in [4.78, 5) is 24.6. The van der Waals surface area contributed by atoms with E-state index < -0.39 is 0 Å². The van der Waals surface area contributed by atoms with Gasteiger partial charge in [0.1, 0.15) is 6.10 Å². The van der Waals surface area contributed by atoms with Crippen molar-refractivity contribution >= 4 is 12.4 Å². The van der Waals surface area contributed by atoms with Crippen molar-refractivity contribution in [1.29, 1.82) is 0 Å². The number of H-pyrrole nitrogens is 1. The highest BCUT2D eigenvalue weighted by molar-refractivity contribution is 5.89. The molecule has 20 heavy (non-hydrogen) atoms. The minimum atomic E-state index is -0.325. The number of piperidine rings is 1. The quantitative estimate of drug-likeness (QED) is 0.662. The zero-order valence-electron chi connectivity index (χ0n) is 11.4. The van der Waals surface area contributed by atoms with Gasteiger partial charge in [0.25, 0.3) is 0 Å². The van der Waals surface area contributed by atoms with Crippen LogP contribution in [0, 0.1) is 0 Å². The van der Waals surface area contributed by atoms with Crippen molar-refractivity contribution < 1.29 is 14.3 Å². The van der Waals surface area contributed by atoms with Crippen molar-refractivity contribution in [2.75, 3.05) is 13.1 Å². The summed E-state index contributed by atoms with van der Waals surface area (Å²) in [5.41, 5.74) is 2.57. The number of esters is 1. The van der Waals surface area contributed by atoms with Gasteiger partial charge >= 0.3 is 5.97 Å². The van der Waals surface area contributed by atoms with Crippen molar-refractivity contribution in [2.24, 2.45) is 0 Å². The van der Waals surface area contributed by atoms with Crippen LogP contribution in [-0.2, 0) is 22.4 Å². The minimum Gasteiger partial charge on any atom is -0.457 e. The molecular weight excluding hydrogens is 258 g/mol. The molecule has 0 unspecified atom stereocenters. The van der Waals surface area contributed by atoms with Gasteiger partial charge in [0.2, 0.25) is 6.41 Å². The van der Waals surface area contributed by atoms with Crippen LogP contribution in [0.5, 0.6) is 0 Å². The molecule has 1 N–H and O–H groups in total. The number of rotatable bonds is 3. The van der Waals surface area contributed by atoms with Gasteiger partial charge in [0.15, 0.2) is 5.69 Å². The first kappa shape index (κ1) is 13.1. The van der Waals surface area contributed by atoms with E-state index >= 15 is 0 Å². The van der Waals surface area contributed by atoms with E-state index in [-0.39, 0.29) is 12.1 Å². The van der Waals surface area contributed by atoms with Crippen LogP contribution < -0.4 is 0 Å². The summed E-state index contributed by atoms with van der Waals surface area (Å²) in [6.45, 7) is 1.31. The van der Waals surface area contributed by atoms with Crippen LogP contribution in [0.4, 0.5) is 0 Å². The van der Waals surface area contributed by atoms with E-state index in [0.29, 0.717) is 31.6 Å². The van der Waals surface area contributed by atoms with Gasteiger partial charge in [0.05, 0.1) is 0 Å². The molecule has 6 heteroatoms. The Labute approximate surface area is 117 Å². The number of carbonyl (C=O) groups is 2. The highest BCUT2D eigenvalue weighted by atomic mass is 16.5. The van der Waals surface area contributed by atoms with Crippen LogP contribution in [-0.4, -0.2) is 46.7 Å². The average Bonchev–Trinajstić information content (AvgIpc) is 2.92. The van der Waals surface area contributed by atoms with Crippen LogP contribution in [0.3, 0.4) is 0 Å². The molecule has 2 heterocycles. The lowest BCUT2D eigenvalue weighted by molar-refractivity contribution is -0.120. The third-order valence-electron chi connectivity index (χ3n) is 4.15. The molecule has 0 spiro atoms. The number of nitrogens with zero attached hydrogens (tertiary/aromatic N) is 2. The van der Waals surface area contributed by atoms with Gasteiger partial charge in [-0.1, -0.05) is 0 Å². The van der Waals surface area contributed by atoms with Crippen molar-refractivity contribution in [1.82, 2.24) is 15.1 Å². The summed E-state index contributed by atoms with van der Waals surface area (Å²) in [5.74, 6) is -0.325. The third kappa shape index (κ3) is 2.55. The molecule has 1 aromatic heterocycles. The zero-order valence-corrected chi connectivity index (χ0v) is 11.4. The molecule has 0 aromatic carbocycles. The fourth-order valence-corrected chi connectivity index (χ4v) is 2.96. The number of ether oxygens (including phenoxy) is 1. The van der Waals surface area contributed by atoms with Crippen molar-refractivity contribution in [3.8, 4) is 0 Å². The lowest BCUT2D eigenvalue weighted by Crippen LogP contribution is -2.37. The predicted octanol–water partition coefficient (Wildman–Crippen LogP) is 1.07. The van der Waals surface area contributed by atoms with Crippen LogP contribution in [0.1, 0.15) is 47.4 Å². The zero-order chi connectivity index (χ0) is 13.9. The summed E-state index contributed by atoms with van der Waals surface area (Å²) in [6.07, 6.45) is 6.27. The Morgan fingerprint density at radius 2 is 2.05 bits per heavy atom. The molecule has 1 aliphatic heterocycles. The highest BCUT2D eigenvalue weighted by Crippen LogP contribution is 2.23. The number of hydrogen-bond acceptors (Lipinski definition) is 4. The van der Waals surface area contributed by atoms with E-state index in [2.05, 4.69) is 10.2 Å². The van der Waals surface area contributed by atoms with Gasteiger partial charge in [-0.3, -0.25) is 9.89 Å². The van der Waals surface area contributed by atoms with Crippen LogP contribution in [0.25, 0.3) is 0 Å². The number of aryl methyl sites for hydroxylation is 1. The van der Waals surface area contributed by atoms with Gasteiger partial charge in [-0.05, 0) is 25.7 Å². The molecule has 2 aliphatic rings. The Morgan fingerprint density at radius 3 is 2.80 bits per heavy atom. The smallest absolute Gasteiger partial charge is 0.359 e. The van der Waals surface area contributed by atoms with E-state index in [1.165, 1.54) is 0 Å². The van der Waals surface area contributed by atoms with Crippen LogP contribution in [0.15, 0.2) is 0 Å². The predicted molar refractivity (Wildman–Crippen MR) is 71.3 cm³/mol. The molecule has 1 amide bonds. The molecule has 0 atom stereocenters. The lowest BCUT2D eigenvalue weighted by Gasteiger charge is -2.28. The molecule has 1 aromatic rings. The molecule has 0 radical (unpaired) electrons.